The largest absolute Gasteiger partial charge is 0.352 e. The zero-order valence-electron chi connectivity index (χ0n) is 18.8. The van der Waals surface area contributed by atoms with Crippen molar-refractivity contribution >= 4 is 5.91 Å². The van der Waals surface area contributed by atoms with Gasteiger partial charge in [0.15, 0.2) is 0 Å². The maximum Gasteiger partial charge on any atom is 0.352 e. The van der Waals surface area contributed by atoms with Gasteiger partial charge in [-0.1, -0.05) is 66.7 Å². The number of nitrogens with zero attached hydrogens (tertiary/aromatic N) is 4. The van der Waals surface area contributed by atoms with Crippen molar-refractivity contribution in [3.05, 3.63) is 128 Å². The average Bonchev–Trinajstić information content (AvgIpc) is 2.84. The van der Waals surface area contributed by atoms with Gasteiger partial charge in [-0.05, 0) is 35.7 Å². The number of carbonyl (C=O) groups excluding carboxylic acids is 1. The van der Waals surface area contributed by atoms with E-state index in [9.17, 15) is 18.8 Å². The van der Waals surface area contributed by atoms with Gasteiger partial charge in [-0.2, -0.15) is 9.78 Å². The topological polar surface area (TPSA) is 77.2 Å². The number of aryl methyl sites for hydroxylation is 1. The van der Waals surface area contributed by atoms with Crippen LogP contribution in [0.3, 0.4) is 0 Å². The molecule has 0 bridgehead atoms. The minimum absolute atomic E-state index is 0.0794. The molecule has 34 heavy (non-hydrogen) atoms. The Labute approximate surface area is 195 Å². The van der Waals surface area contributed by atoms with Gasteiger partial charge in [0.2, 0.25) is 5.69 Å². The first-order valence-electron chi connectivity index (χ1n) is 10.7. The molecule has 1 heterocycles. The highest BCUT2D eigenvalue weighted by molar-refractivity contribution is 5.91. The van der Waals surface area contributed by atoms with E-state index in [1.165, 1.54) is 23.1 Å². The van der Waals surface area contributed by atoms with Crippen LogP contribution in [0.2, 0.25) is 0 Å². The van der Waals surface area contributed by atoms with Gasteiger partial charge in [0, 0.05) is 13.6 Å². The van der Waals surface area contributed by atoms with Crippen LogP contribution in [0, 0.1) is 12.7 Å². The van der Waals surface area contributed by atoms with Crippen molar-refractivity contribution in [3.8, 4) is 5.69 Å². The van der Waals surface area contributed by atoms with Gasteiger partial charge in [0.25, 0.3) is 11.5 Å². The number of amides is 1. The third-order valence-electron chi connectivity index (χ3n) is 5.54. The van der Waals surface area contributed by atoms with Crippen molar-refractivity contribution in [2.24, 2.45) is 0 Å². The van der Waals surface area contributed by atoms with Crippen LogP contribution < -0.4 is 11.2 Å². The fraction of sp³-hybridized carbons (Fsp3) is 0.154. The number of benzene rings is 3. The second-order valence-electron chi connectivity index (χ2n) is 7.96. The van der Waals surface area contributed by atoms with Crippen molar-refractivity contribution < 1.29 is 9.18 Å². The zero-order valence-corrected chi connectivity index (χ0v) is 18.8. The lowest BCUT2D eigenvalue weighted by Crippen LogP contribution is -2.46. The number of halogens is 1. The summed E-state index contributed by atoms with van der Waals surface area (Å²) in [7, 11) is 1.54. The molecule has 0 spiro atoms. The predicted molar refractivity (Wildman–Crippen MR) is 127 cm³/mol. The monoisotopic (exact) mass is 458 g/mol. The normalized spacial score (nSPS) is 10.8. The molecule has 0 N–H and O–H groups in total. The van der Waals surface area contributed by atoms with Gasteiger partial charge in [0.05, 0.1) is 6.54 Å². The van der Waals surface area contributed by atoms with Crippen LogP contribution in [0.15, 0.2) is 88.5 Å². The van der Waals surface area contributed by atoms with Crippen molar-refractivity contribution in [1.29, 1.82) is 0 Å². The molecule has 0 unspecified atom stereocenters. The van der Waals surface area contributed by atoms with Crippen LogP contribution in [0.4, 0.5) is 4.39 Å². The molecule has 0 radical (unpaired) electrons. The first kappa shape index (κ1) is 22.8. The highest BCUT2D eigenvalue weighted by Crippen LogP contribution is 2.11. The first-order valence-corrected chi connectivity index (χ1v) is 10.7. The van der Waals surface area contributed by atoms with Crippen molar-refractivity contribution in [2.75, 3.05) is 7.05 Å². The standard InChI is InChI=1S/C26H23FN4O3/c1-18-10-6-7-13-20(18)17-30-25(33)23(24(32)29(2)16-19-11-4-3-5-12-19)28-31(26(30)34)22-15-9-8-14-21(22)27/h3-15H,16-17H2,1-2H3. The summed E-state index contributed by atoms with van der Waals surface area (Å²) in [6.07, 6.45) is 0. The summed E-state index contributed by atoms with van der Waals surface area (Å²) in [5, 5.41) is 4.03. The molecule has 0 aliphatic carbocycles. The third-order valence-corrected chi connectivity index (χ3v) is 5.54. The molecule has 0 aliphatic rings. The molecular formula is C26H23FN4O3. The van der Waals surface area contributed by atoms with Gasteiger partial charge in [0.1, 0.15) is 11.5 Å². The molecule has 1 amide bonds. The quantitative estimate of drug-likeness (QED) is 0.445. The van der Waals surface area contributed by atoms with Crippen LogP contribution in [0.1, 0.15) is 27.2 Å². The Morgan fingerprint density at radius 3 is 2.29 bits per heavy atom. The van der Waals surface area contributed by atoms with Crippen LogP contribution in [0.5, 0.6) is 0 Å². The molecule has 0 saturated carbocycles. The molecule has 0 atom stereocenters. The SMILES string of the molecule is Cc1ccccc1Cn1c(=O)c(C(=O)N(C)Cc2ccccc2)nn(-c2ccccc2F)c1=O. The van der Waals surface area contributed by atoms with E-state index in [4.69, 9.17) is 0 Å². The molecule has 8 heteroatoms. The summed E-state index contributed by atoms with van der Waals surface area (Å²) in [6, 6.07) is 22.1. The fourth-order valence-electron chi connectivity index (χ4n) is 3.64. The number of hydrogen-bond donors (Lipinski definition) is 0. The number of para-hydroxylation sites is 1. The molecule has 4 rings (SSSR count). The Morgan fingerprint density at radius 1 is 0.941 bits per heavy atom. The molecule has 7 nitrogen and oxygen atoms in total. The van der Waals surface area contributed by atoms with E-state index in [1.807, 2.05) is 49.4 Å². The van der Waals surface area contributed by atoms with Gasteiger partial charge >= 0.3 is 5.69 Å². The summed E-state index contributed by atoms with van der Waals surface area (Å²) in [4.78, 5) is 41.2. The number of rotatable bonds is 6. The maximum atomic E-state index is 14.6. The second kappa shape index (κ2) is 9.66. The van der Waals surface area contributed by atoms with Crippen LogP contribution >= 0.6 is 0 Å². The van der Waals surface area contributed by atoms with E-state index in [0.29, 0.717) is 0 Å². The first-order chi connectivity index (χ1) is 16.4. The lowest BCUT2D eigenvalue weighted by Gasteiger charge is -2.18. The number of aromatic nitrogens is 3. The third kappa shape index (κ3) is 4.56. The molecule has 0 aliphatic heterocycles. The van der Waals surface area contributed by atoms with Gasteiger partial charge in [-0.25, -0.2) is 9.18 Å². The second-order valence-corrected chi connectivity index (χ2v) is 7.96. The molecule has 172 valence electrons. The molecule has 3 aromatic carbocycles. The Morgan fingerprint density at radius 2 is 1.59 bits per heavy atom. The van der Waals surface area contributed by atoms with E-state index >= 15 is 0 Å². The number of carbonyl (C=O) groups is 1. The Kier molecular flexibility index (Phi) is 6.49. The summed E-state index contributed by atoms with van der Waals surface area (Å²) in [6.45, 7) is 2.01. The summed E-state index contributed by atoms with van der Waals surface area (Å²) in [5.74, 6) is -1.37. The van der Waals surface area contributed by atoms with E-state index < -0.39 is 28.7 Å². The molecule has 0 fully saturated rings. The molecular weight excluding hydrogens is 435 g/mol. The Hall–Kier alpha value is -4.33. The molecule has 4 aromatic rings. The van der Waals surface area contributed by atoms with E-state index in [0.717, 1.165) is 25.9 Å². The van der Waals surface area contributed by atoms with E-state index in [2.05, 4.69) is 5.10 Å². The van der Waals surface area contributed by atoms with Crippen molar-refractivity contribution in [3.63, 3.8) is 0 Å². The van der Waals surface area contributed by atoms with Crippen LogP contribution in [0.25, 0.3) is 5.69 Å². The average molecular weight is 458 g/mol. The van der Waals surface area contributed by atoms with Gasteiger partial charge < -0.3 is 4.90 Å². The lowest BCUT2D eigenvalue weighted by atomic mass is 10.1. The van der Waals surface area contributed by atoms with Crippen molar-refractivity contribution in [1.82, 2.24) is 19.2 Å². The van der Waals surface area contributed by atoms with Crippen LogP contribution in [-0.2, 0) is 13.1 Å². The summed E-state index contributed by atoms with van der Waals surface area (Å²) < 4.78 is 16.3. The van der Waals surface area contributed by atoms with E-state index in [-0.39, 0.29) is 18.8 Å². The van der Waals surface area contributed by atoms with Gasteiger partial charge in [-0.3, -0.25) is 14.2 Å². The summed E-state index contributed by atoms with van der Waals surface area (Å²) >= 11 is 0. The van der Waals surface area contributed by atoms with E-state index in [1.54, 1.807) is 25.2 Å². The van der Waals surface area contributed by atoms with Gasteiger partial charge in [-0.15, -0.1) is 0 Å². The zero-order chi connectivity index (χ0) is 24.2. The Bertz CT molecular complexity index is 1460. The number of hydrogen-bond acceptors (Lipinski definition) is 4. The maximum absolute atomic E-state index is 14.6. The van der Waals surface area contributed by atoms with Crippen molar-refractivity contribution in [2.45, 2.75) is 20.0 Å². The minimum atomic E-state index is -0.833. The predicted octanol–water partition coefficient (Wildman–Crippen LogP) is 3.16. The highest BCUT2D eigenvalue weighted by atomic mass is 19.1. The molecule has 1 aromatic heterocycles. The lowest BCUT2D eigenvalue weighted by molar-refractivity contribution is 0.0773. The smallest absolute Gasteiger partial charge is 0.336 e. The highest BCUT2D eigenvalue weighted by Gasteiger charge is 2.24. The van der Waals surface area contributed by atoms with Crippen LogP contribution in [-0.4, -0.2) is 32.2 Å². The summed E-state index contributed by atoms with van der Waals surface area (Å²) in [5.41, 5.74) is 0.189. The molecule has 0 saturated heterocycles. The minimum Gasteiger partial charge on any atom is -0.336 e. The fourth-order valence-corrected chi connectivity index (χ4v) is 3.64. The Balaban J connectivity index is 1.86.